The number of likely N-dealkylation sites (tertiary alicyclic amines) is 1. The van der Waals surface area contributed by atoms with Crippen molar-refractivity contribution in [3.05, 3.63) is 96.1 Å². The number of Topliss-reactive ketones (excluding diaryl/α,β-unsaturated/α-hetero) is 2. The highest BCUT2D eigenvalue weighted by Crippen LogP contribution is 2.44. The van der Waals surface area contributed by atoms with Crippen molar-refractivity contribution in [3.8, 4) is 11.1 Å². The molecule has 6 heteroatoms. The van der Waals surface area contributed by atoms with Crippen molar-refractivity contribution < 1.29 is 23.9 Å². The first-order valence-electron chi connectivity index (χ1n) is 16.0. The molecular weight excluding hydrogens is 550 g/mol. The summed E-state index contributed by atoms with van der Waals surface area (Å²) in [5.41, 5.74) is 3.59. The Balaban J connectivity index is 1.30. The first-order valence-corrected chi connectivity index (χ1v) is 16.0. The van der Waals surface area contributed by atoms with Gasteiger partial charge in [-0.2, -0.15) is 0 Å². The number of ether oxygens (including phenoxy) is 1. The van der Waals surface area contributed by atoms with E-state index < -0.39 is 11.5 Å². The van der Waals surface area contributed by atoms with Crippen LogP contribution in [0.4, 0.5) is 0 Å². The lowest BCUT2D eigenvalue weighted by Crippen LogP contribution is -2.42. The lowest BCUT2D eigenvalue weighted by molar-refractivity contribution is -0.155. The van der Waals surface area contributed by atoms with E-state index in [0.29, 0.717) is 19.4 Å². The number of amides is 1. The lowest BCUT2D eigenvalue weighted by Gasteiger charge is -2.30. The van der Waals surface area contributed by atoms with Crippen LogP contribution in [0.1, 0.15) is 75.8 Å². The number of rotatable bonds is 13. The van der Waals surface area contributed by atoms with E-state index in [1.54, 1.807) is 11.8 Å². The third-order valence-corrected chi connectivity index (χ3v) is 9.33. The van der Waals surface area contributed by atoms with Crippen LogP contribution in [-0.4, -0.2) is 40.9 Å². The minimum Gasteiger partial charge on any atom is -0.459 e. The summed E-state index contributed by atoms with van der Waals surface area (Å²) in [6.45, 7) is 2.24. The molecule has 6 nitrogen and oxygen atoms in total. The van der Waals surface area contributed by atoms with Gasteiger partial charge in [-0.1, -0.05) is 97.8 Å². The lowest BCUT2D eigenvalue weighted by atomic mass is 9.73. The van der Waals surface area contributed by atoms with Crippen LogP contribution in [-0.2, 0) is 36.9 Å². The zero-order chi connectivity index (χ0) is 30.9. The maximum absolute atomic E-state index is 13.9. The quantitative estimate of drug-likeness (QED) is 0.197. The first-order chi connectivity index (χ1) is 21.3. The van der Waals surface area contributed by atoms with Crippen molar-refractivity contribution >= 4 is 23.4 Å². The molecule has 1 amide bonds. The van der Waals surface area contributed by atoms with E-state index in [9.17, 15) is 19.2 Å². The van der Waals surface area contributed by atoms with Crippen molar-refractivity contribution in [1.82, 2.24) is 4.90 Å². The van der Waals surface area contributed by atoms with Crippen molar-refractivity contribution in [1.29, 1.82) is 0 Å². The Morgan fingerprint density at radius 1 is 0.795 bits per heavy atom. The Morgan fingerprint density at radius 2 is 1.43 bits per heavy atom. The largest absolute Gasteiger partial charge is 0.459 e. The number of carbonyl (C=O) groups is 4. The van der Waals surface area contributed by atoms with Gasteiger partial charge in [0.05, 0.1) is 0 Å². The summed E-state index contributed by atoms with van der Waals surface area (Å²) in [6.07, 6.45) is 5.95. The number of carbonyl (C=O) groups excluding carboxylic acids is 4. The van der Waals surface area contributed by atoms with Crippen LogP contribution in [0.5, 0.6) is 0 Å². The normalized spacial score (nSPS) is 18.1. The molecule has 3 aromatic carbocycles. The van der Waals surface area contributed by atoms with Crippen LogP contribution in [0, 0.1) is 11.3 Å². The summed E-state index contributed by atoms with van der Waals surface area (Å²) in [7, 11) is 0. The zero-order valence-electron chi connectivity index (χ0n) is 25.7. The van der Waals surface area contributed by atoms with Gasteiger partial charge in [0.1, 0.15) is 24.2 Å². The molecule has 0 N–H and O–H groups in total. The zero-order valence-corrected chi connectivity index (χ0v) is 25.7. The highest BCUT2D eigenvalue weighted by Gasteiger charge is 2.43. The molecule has 44 heavy (non-hydrogen) atoms. The van der Waals surface area contributed by atoms with E-state index in [1.165, 1.54) is 0 Å². The second-order valence-electron chi connectivity index (χ2n) is 12.7. The molecule has 1 saturated carbocycles. The van der Waals surface area contributed by atoms with Crippen LogP contribution < -0.4 is 0 Å². The van der Waals surface area contributed by atoms with Crippen molar-refractivity contribution in [2.24, 2.45) is 11.3 Å². The number of nitrogens with zero attached hydrogens (tertiary/aromatic N) is 1. The molecule has 0 unspecified atom stereocenters. The molecule has 230 valence electrons. The van der Waals surface area contributed by atoms with Crippen LogP contribution in [0.3, 0.4) is 0 Å². The van der Waals surface area contributed by atoms with Gasteiger partial charge in [-0.05, 0) is 67.2 Å². The van der Waals surface area contributed by atoms with Gasteiger partial charge in [-0.3, -0.25) is 14.4 Å². The molecule has 1 saturated heterocycles. The molecule has 0 radical (unpaired) electrons. The van der Waals surface area contributed by atoms with E-state index in [-0.39, 0.29) is 55.2 Å². The Labute approximate surface area is 260 Å². The van der Waals surface area contributed by atoms with Gasteiger partial charge in [0.15, 0.2) is 0 Å². The number of ketones is 2. The summed E-state index contributed by atoms with van der Waals surface area (Å²) in [5, 5.41) is 0. The van der Waals surface area contributed by atoms with Gasteiger partial charge in [-0.25, -0.2) is 4.79 Å². The predicted octanol–water partition coefficient (Wildman–Crippen LogP) is 7.14. The van der Waals surface area contributed by atoms with Crippen LogP contribution in [0.15, 0.2) is 84.9 Å². The number of hydrogen-bond donors (Lipinski definition) is 0. The minimum absolute atomic E-state index is 0.0401. The smallest absolute Gasteiger partial charge is 0.329 e. The Bertz CT molecular complexity index is 1430. The van der Waals surface area contributed by atoms with Crippen molar-refractivity contribution in [3.63, 3.8) is 0 Å². The maximum atomic E-state index is 13.9. The molecule has 3 aromatic rings. The molecule has 0 bridgehead atoms. The molecule has 1 heterocycles. The van der Waals surface area contributed by atoms with E-state index in [2.05, 4.69) is 36.4 Å². The first kappa shape index (κ1) is 31.4. The molecule has 2 atom stereocenters. The molecular formula is C38H43NO5. The molecule has 5 rings (SSSR count). The SMILES string of the molecule is CC(=O)CC1(C(=O)C[C@H](CC(=O)N2CCC[C@H]2C(=O)OCc2ccccc2)Cc2ccc(-c3ccccc3)cc2)CCCC1. The van der Waals surface area contributed by atoms with Crippen LogP contribution in [0.25, 0.3) is 11.1 Å². The average molecular weight is 594 g/mol. The minimum atomic E-state index is -0.609. The highest BCUT2D eigenvalue weighted by atomic mass is 16.5. The Hall–Kier alpha value is -4.06. The van der Waals surface area contributed by atoms with Crippen molar-refractivity contribution in [2.75, 3.05) is 6.54 Å². The molecule has 1 aliphatic carbocycles. The van der Waals surface area contributed by atoms with E-state index >= 15 is 0 Å². The Morgan fingerprint density at radius 3 is 2.09 bits per heavy atom. The van der Waals surface area contributed by atoms with Gasteiger partial charge in [0, 0.05) is 31.2 Å². The summed E-state index contributed by atoms with van der Waals surface area (Å²) in [6, 6.07) is 27.4. The monoisotopic (exact) mass is 593 g/mol. The van der Waals surface area contributed by atoms with Crippen LogP contribution in [0.2, 0.25) is 0 Å². The third-order valence-electron chi connectivity index (χ3n) is 9.33. The highest BCUT2D eigenvalue weighted by molar-refractivity contribution is 5.91. The van der Waals surface area contributed by atoms with E-state index in [0.717, 1.165) is 54.4 Å². The van der Waals surface area contributed by atoms with Gasteiger partial charge in [0.2, 0.25) is 5.91 Å². The van der Waals surface area contributed by atoms with Gasteiger partial charge >= 0.3 is 5.97 Å². The molecule has 2 fully saturated rings. The van der Waals surface area contributed by atoms with Gasteiger partial charge in [0.25, 0.3) is 0 Å². The van der Waals surface area contributed by atoms with Crippen molar-refractivity contribution in [2.45, 2.75) is 83.8 Å². The maximum Gasteiger partial charge on any atom is 0.329 e. The fourth-order valence-corrected chi connectivity index (χ4v) is 7.07. The molecule has 0 aromatic heterocycles. The fraction of sp³-hybridized carbons (Fsp3) is 0.421. The summed E-state index contributed by atoms with van der Waals surface area (Å²) >= 11 is 0. The average Bonchev–Trinajstić information content (AvgIpc) is 3.72. The second kappa shape index (κ2) is 14.6. The summed E-state index contributed by atoms with van der Waals surface area (Å²) < 4.78 is 5.60. The molecule has 1 aliphatic heterocycles. The summed E-state index contributed by atoms with van der Waals surface area (Å²) in [4.78, 5) is 54.6. The number of esters is 1. The van der Waals surface area contributed by atoms with Crippen LogP contribution >= 0.6 is 0 Å². The van der Waals surface area contributed by atoms with E-state index in [4.69, 9.17) is 4.74 Å². The number of benzene rings is 3. The molecule has 2 aliphatic rings. The molecule has 0 spiro atoms. The van der Waals surface area contributed by atoms with Gasteiger partial charge < -0.3 is 9.64 Å². The summed E-state index contributed by atoms with van der Waals surface area (Å²) in [5.74, 6) is -0.587. The predicted molar refractivity (Wildman–Crippen MR) is 170 cm³/mol. The number of hydrogen-bond acceptors (Lipinski definition) is 5. The van der Waals surface area contributed by atoms with Gasteiger partial charge in [-0.15, -0.1) is 0 Å². The third kappa shape index (κ3) is 7.90. The van der Waals surface area contributed by atoms with E-state index in [1.807, 2.05) is 48.5 Å². The fourth-order valence-electron chi connectivity index (χ4n) is 7.07. The topological polar surface area (TPSA) is 80.8 Å². The Kier molecular flexibility index (Phi) is 10.4. The standard InChI is InChI=1S/C38H43NO5/c1-28(40)26-38(20-8-9-21-38)35(41)24-31(23-29-16-18-33(19-17-29)32-13-6-3-7-14-32)25-36(42)39-22-10-15-34(39)37(43)44-27-30-11-4-2-5-12-30/h2-7,11-14,16-19,31,34H,8-10,15,20-27H2,1H3/t31-,34+/m1/s1. The second-order valence-corrected chi connectivity index (χ2v) is 12.7.